The number of carbonyl (C=O) groups is 1. The molecule has 0 radical (unpaired) electrons. The van der Waals surface area contributed by atoms with Gasteiger partial charge in [-0.25, -0.2) is 0 Å². The van der Waals surface area contributed by atoms with Crippen molar-refractivity contribution in [2.75, 3.05) is 36.9 Å². The first-order valence-electron chi connectivity index (χ1n) is 10.6. The molecule has 0 spiro atoms. The van der Waals surface area contributed by atoms with E-state index in [2.05, 4.69) is 39.8 Å². The zero-order valence-corrected chi connectivity index (χ0v) is 17.3. The number of hydrogen-bond acceptors (Lipinski definition) is 4. The summed E-state index contributed by atoms with van der Waals surface area (Å²) in [5.41, 5.74) is 6.44. The molecule has 5 nitrogen and oxygen atoms in total. The van der Waals surface area contributed by atoms with Gasteiger partial charge >= 0.3 is 0 Å². The summed E-state index contributed by atoms with van der Waals surface area (Å²) in [5.74, 6) is -0.0866. The third-order valence-corrected chi connectivity index (χ3v) is 5.72. The summed E-state index contributed by atoms with van der Waals surface area (Å²) in [4.78, 5) is 15.3. The molecule has 3 aromatic rings. The van der Waals surface area contributed by atoms with Crippen LogP contribution in [-0.2, 0) is 16.1 Å². The Morgan fingerprint density at radius 1 is 0.903 bits per heavy atom. The number of hydrogen-bond donors (Lipinski definition) is 2. The Labute approximate surface area is 182 Å². The largest absolute Gasteiger partial charge is 0.379 e. The van der Waals surface area contributed by atoms with E-state index in [-0.39, 0.29) is 5.91 Å². The van der Waals surface area contributed by atoms with E-state index in [9.17, 15) is 4.79 Å². The van der Waals surface area contributed by atoms with Gasteiger partial charge in [-0.05, 0) is 29.3 Å². The van der Waals surface area contributed by atoms with Crippen LogP contribution in [0, 0.1) is 0 Å². The van der Waals surface area contributed by atoms with Gasteiger partial charge in [-0.3, -0.25) is 9.69 Å². The molecule has 0 aliphatic carbocycles. The Hall–Kier alpha value is -3.41. The molecule has 2 aliphatic rings. The standard InChI is InChI=1S/C26H25N3O2/c30-26-24(22-8-4-5-9-23(22)28-26)25(20-6-2-1-3-7-20)27-21-12-10-19(11-13-21)18-29-14-16-31-17-15-29/h1-13,27H,14-18H2,(H,28,30). The van der Waals surface area contributed by atoms with Gasteiger partial charge in [0.15, 0.2) is 0 Å². The molecule has 0 unspecified atom stereocenters. The highest BCUT2D eigenvalue weighted by atomic mass is 16.5. The zero-order chi connectivity index (χ0) is 21.0. The number of carbonyl (C=O) groups excluding carboxylic acids is 1. The number of anilines is 2. The summed E-state index contributed by atoms with van der Waals surface area (Å²) in [7, 11) is 0. The number of para-hydroxylation sites is 1. The third-order valence-electron chi connectivity index (χ3n) is 5.72. The third kappa shape index (κ3) is 4.24. The first-order chi connectivity index (χ1) is 15.3. The molecule has 0 aromatic heterocycles. The lowest BCUT2D eigenvalue weighted by Crippen LogP contribution is -2.35. The Balaban J connectivity index is 1.46. The van der Waals surface area contributed by atoms with Gasteiger partial charge in [0.25, 0.3) is 5.91 Å². The highest BCUT2D eigenvalue weighted by molar-refractivity contribution is 6.37. The normalized spacial score (nSPS) is 17.7. The zero-order valence-electron chi connectivity index (χ0n) is 17.3. The highest BCUT2D eigenvalue weighted by Gasteiger charge is 2.28. The smallest absolute Gasteiger partial charge is 0.258 e. The van der Waals surface area contributed by atoms with E-state index in [0.717, 1.165) is 61.0 Å². The second kappa shape index (κ2) is 8.76. The molecule has 5 rings (SSSR count). The number of fused-ring (bicyclic) bond motifs is 1. The first-order valence-corrected chi connectivity index (χ1v) is 10.6. The molecular formula is C26H25N3O2. The molecule has 2 aliphatic heterocycles. The van der Waals surface area contributed by atoms with Gasteiger partial charge in [0.1, 0.15) is 0 Å². The fraction of sp³-hybridized carbons (Fsp3) is 0.192. The summed E-state index contributed by atoms with van der Waals surface area (Å²) in [6.45, 7) is 4.47. The Kier molecular flexibility index (Phi) is 5.52. The molecular weight excluding hydrogens is 386 g/mol. The van der Waals surface area contributed by atoms with Gasteiger partial charge in [0.2, 0.25) is 0 Å². The Morgan fingerprint density at radius 2 is 1.61 bits per heavy atom. The van der Waals surface area contributed by atoms with Crippen LogP contribution in [0.25, 0.3) is 11.3 Å². The van der Waals surface area contributed by atoms with Crippen LogP contribution in [0.1, 0.15) is 16.7 Å². The highest BCUT2D eigenvalue weighted by Crippen LogP contribution is 2.37. The summed E-state index contributed by atoms with van der Waals surface area (Å²) in [5, 5.41) is 6.51. The van der Waals surface area contributed by atoms with Crippen molar-refractivity contribution in [1.82, 2.24) is 4.90 Å². The van der Waals surface area contributed by atoms with Crippen molar-refractivity contribution in [1.29, 1.82) is 0 Å². The number of ether oxygens (including phenoxy) is 1. The van der Waals surface area contributed by atoms with Crippen molar-refractivity contribution in [3.05, 3.63) is 95.6 Å². The molecule has 0 bridgehead atoms. The van der Waals surface area contributed by atoms with Crippen LogP contribution in [0.5, 0.6) is 0 Å². The number of morpholine rings is 1. The predicted molar refractivity (Wildman–Crippen MR) is 124 cm³/mol. The van der Waals surface area contributed by atoms with Crippen LogP contribution in [0.3, 0.4) is 0 Å². The topological polar surface area (TPSA) is 53.6 Å². The maximum Gasteiger partial charge on any atom is 0.258 e. The van der Waals surface area contributed by atoms with Crippen LogP contribution in [0.2, 0.25) is 0 Å². The van der Waals surface area contributed by atoms with Crippen molar-refractivity contribution in [2.45, 2.75) is 6.54 Å². The van der Waals surface area contributed by atoms with E-state index < -0.39 is 0 Å². The van der Waals surface area contributed by atoms with E-state index in [4.69, 9.17) is 4.74 Å². The van der Waals surface area contributed by atoms with Gasteiger partial charge in [-0.1, -0.05) is 60.7 Å². The van der Waals surface area contributed by atoms with E-state index in [1.807, 2.05) is 54.6 Å². The van der Waals surface area contributed by atoms with Gasteiger partial charge in [-0.15, -0.1) is 0 Å². The molecule has 3 aromatic carbocycles. The minimum Gasteiger partial charge on any atom is -0.379 e. The summed E-state index contributed by atoms with van der Waals surface area (Å²) in [6.07, 6.45) is 0. The van der Waals surface area contributed by atoms with Gasteiger partial charge < -0.3 is 15.4 Å². The lowest BCUT2D eigenvalue weighted by Gasteiger charge is -2.26. The SMILES string of the molecule is O=C1Nc2ccccc2C1=C(Nc1ccc(CN2CCOCC2)cc1)c1ccccc1. The minimum atomic E-state index is -0.0866. The lowest BCUT2D eigenvalue weighted by molar-refractivity contribution is -0.110. The van der Waals surface area contributed by atoms with Crippen molar-refractivity contribution in [2.24, 2.45) is 0 Å². The first kappa shape index (κ1) is 19.5. The van der Waals surface area contributed by atoms with Gasteiger partial charge in [0.05, 0.1) is 24.5 Å². The van der Waals surface area contributed by atoms with Gasteiger partial charge in [0, 0.05) is 36.6 Å². The number of nitrogens with one attached hydrogen (secondary N) is 2. The van der Waals surface area contributed by atoms with E-state index in [0.29, 0.717) is 5.57 Å². The second-order valence-electron chi connectivity index (χ2n) is 7.83. The molecule has 2 N–H and O–H groups in total. The van der Waals surface area contributed by atoms with Crippen LogP contribution >= 0.6 is 0 Å². The minimum absolute atomic E-state index is 0.0866. The summed E-state index contributed by atoms with van der Waals surface area (Å²) in [6, 6.07) is 26.3. The summed E-state index contributed by atoms with van der Waals surface area (Å²) < 4.78 is 5.44. The predicted octanol–water partition coefficient (Wildman–Crippen LogP) is 4.45. The van der Waals surface area contributed by atoms with Crippen LogP contribution in [0.4, 0.5) is 11.4 Å². The molecule has 0 atom stereocenters. The molecule has 0 saturated carbocycles. The number of nitrogens with zero attached hydrogens (tertiary/aromatic N) is 1. The molecule has 156 valence electrons. The number of benzene rings is 3. The van der Waals surface area contributed by atoms with Crippen molar-refractivity contribution in [3.8, 4) is 0 Å². The maximum absolute atomic E-state index is 12.9. The van der Waals surface area contributed by atoms with Crippen molar-refractivity contribution >= 4 is 28.6 Å². The van der Waals surface area contributed by atoms with E-state index in [1.165, 1.54) is 5.56 Å². The van der Waals surface area contributed by atoms with E-state index >= 15 is 0 Å². The Morgan fingerprint density at radius 3 is 2.39 bits per heavy atom. The fourth-order valence-corrected chi connectivity index (χ4v) is 4.10. The van der Waals surface area contributed by atoms with Gasteiger partial charge in [-0.2, -0.15) is 0 Å². The van der Waals surface area contributed by atoms with Crippen molar-refractivity contribution < 1.29 is 9.53 Å². The molecule has 1 fully saturated rings. The maximum atomic E-state index is 12.9. The second-order valence-corrected chi connectivity index (χ2v) is 7.83. The average molecular weight is 412 g/mol. The lowest BCUT2D eigenvalue weighted by atomic mass is 10.00. The van der Waals surface area contributed by atoms with Crippen molar-refractivity contribution in [3.63, 3.8) is 0 Å². The van der Waals surface area contributed by atoms with Crippen LogP contribution in [0.15, 0.2) is 78.9 Å². The quantitative estimate of drug-likeness (QED) is 0.609. The number of rotatable bonds is 5. The number of amides is 1. The van der Waals surface area contributed by atoms with Crippen LogP contribution in [-0.4, -0.2) is 37.1 Å². The molecule has 5 heteroatoms. The van der Waals surface area contributed by atoms with Crippen LogP contribution < -0.4 is 10.6 Å². The molecule has 1 amide bonds. The fourth-order valence-electron chi connectivity index (χ4n) is 4.10. The summed E-state index contributed by atoms with van der Waals surface area (Å²) >= 11 is 0. The monoisotopic (exact) mass is 411 g/mol. The van der Waals surface area contributed by atoms with E-state index in [1.54, 1.807) is 0 Å². The molecule has 31 heavy (non-hydrogen) atoms. The Bertz CT molecular complexity index is 1100. The average Bonchev–Trinajstić information content (AvgIpc) is 3.15. The molecule has 2 heterocycles. The molecule has 1 saturated heterocycles.